The van der Waals surface area contributed by atoms with Gasteiger partial charge in [-0.2, -0.15) is 0 Å². The van der Waals surface area contributed by atoms with E-state index in [9.17, 15) is 14.4 Å². The molecule has 0 aliphatic rings. The zero-order valence-electron chi connectivity index (χ0n) is 23.9. The Balaban J connectivity index is 0. The van der Waals surface area contributed by atoms with E-state index < -0.39 is 0 Å². The number of para-hydroxylation sites is 3. The summed E-state index contributed by atoms with van der Waals surface area (Å²) in [5.74, 6) is 0. The van der Waals surface area contributed by atoms with E-state index in [-0.39, 0.29) is 103 Å². The molecule has 3 aromatic heterocycles. The fraction of sp³-hybridized carbons (Fsp3) is 0.200. The first-order valence-corrected chi connectivity index (χ1v) is 13.6. The van der Waals surface area contributed by atoms with E-state index in [1.165, 1.54) is 16.3 Å². The molecule has 0 amide bonds. The van der Waals surface area contributed by atoms with Crippen LogP contribution in [0.15, 0.2) is 97.3 Å². The van der Waals surface area contributed by atoms with Crippen molar-refractivity contribution >= 4 is 56.7 Å². The molecule has 0 saturated heterocycles. The molecule has 11 nitrogen and oxygen atoms in total. The van der Waals surface area contributed by atoms with Crippen molar-refractivity contribution in [3.63, 3.8) is 0 Å². The van der Waals surface area contributed by atoms with Crippen LogP contribution >= 0.6 is 24.0 Å². The van der Waals surface area contributed by atoms with Crippen molar-refractivity contribution in [3.8, 4) is 0 Å². The molecule has 6 rings (SSSR count). The van der Waals surface area contributed by atoms with Crippen LogP contribution in [0.4, 0.5) is 0 Å². The number of benzene rings is 3. The minimum atomic E-state index is -0.241. The largest absolute Gasteiger partial charge is 0.693 e. The molecule has 0 bridgehead atoms. The summed E-state index contributed by atoms with van der Waals surface area (Å²) >= 11 is 6.45. The summed E-state index contributed by atoms with van der Waals surface area (Å²) in [5, 5.41) is 2.68. The molecular formula is C30H36N8O3S2Y2-2. The fourth-order valence-corrected chi connectivity index (χ4v) is 4.56. The zero-order valence-corrected chi connectivity index (χ0v) is 31.2. The zero-order chi connectivity index (χ0) is 28.8. The number of hydrogen-bond acceptors (Lipinski definition) is 7. The SMILES string of the molecule is C.C.CN=c1[n-]c(=O)c2ccccc2[nH]1.CSc1nc2ccccc2c(=O)n1C.Cn1c(=S)[nH]c2ccccc2c1=O.[NH2-].[Y].[Y]. The molecule has 0 fully saturated rings. The third-order valence-electron chi connectivity index (χ3n) is 5.96. The molecule has 2 radical (unpaired) electrons. The van der Waals surface area contributed by atoms with Gasteiger partial charge in [0.2, 0.25) is 5.56 Å². The first-order valence-electron chi connectivity index (χ1n) is 12.0. The van der Waals surface area contributed by atoms with E-state index in [2.05, 4.69) is 24.9 Å². The molecule has 0 aliphatic heterocycles. The molecule has 45 heavy (non-hydrogen) atoms. The minimum Gasteiger partial charge on any atom is -0.693 e. The van der Waals surface area contributed by atoms with Crippen molar-refractivity contribution in [1.82, 2.24) is 29.1 Å². The van der Waals surface area contributed by atoms with Gasteiger partial charge in [0.15, 0.2) is 9.93 Å². The van der Waals surface area contributed by atoms with Crippen LogP contribution in [-0.2, 0) is 79.5 Å². The van der Waals surface area contributed by atoms with Crippen LogP contribution in [0.25, 0.3) is 38.9 Å². The maximum Gasteiger partial charge on any atom is 0.261 e. The number of nitrogens with two attached hydrogens (primary N) is 1. The maximum absolute atomic E-state index is 11.8. The van der Waals surface area contributed by atoms with E-state index in [0.717, 1.165) is 21.7 Å². The first-order chi connectivity index (χ1) is 19.2. The molecule has 4 N–H and O–H groups in total. The quantitative estimate of drug-likeness (QED) is 0.130. The van der Waals surface area contributed by atoms with Gasteiger partial charge < -0.3 is 26.1 Å². The number of aromatic amines is 2. The Kier molecular flexibility index (Phi) is 20.6. The second-order valence-electron chi connectivity index (χ2n) is 8.45. The topological polar surface area (TPSA) is 166 Å². The number of fused-ring (bicyclic) bond motifs is 3. The average molecular weight is 799 g/mol. The van der Waals surface area contributed by atoms with Crippen molar-refractivity contribution in [2.75, 3.05) is 13.3 Å². The number of hydrogen-bond donors (Lipinski definition) is 2. The third-order valence-corrected chi connectivity index (χ3v) is 7.06. The van der Waals surface area contributed by atoms with Crippen LogP contribution < -0.4 is 27.3 Å². The molecule has 0 unspecified atom stereocenters. The normalized spacial score (nSPS) is 9.91. The number of nitrogens with zero attached hydrogens (tertiary/aromatic N) is 5. The summed E-state index contributed by atoms with van der Waals surface area (Å²) in [6.45, 7) is 0. The molecule has 0 spiro atoms. The number of aromatic nitrogens is 6. The maximum atomic E-state index is 11.8. The predicted octanol–water partition coefficient (Wildman–Crippen LogP) is 5.25. The van der Waals surface area contributed by atoms with E-state index >= 15 is 0 Å². The Morgan fingerprint density at radius 2 is 1.27 bits per heavy atom. The molecule has 234 valence electrons. The van der Waals surface area contributed by atoms with Gasteiger partial charge in [0.25, 0.3) is 11.1 Å². The van der Waals surface area contributed by atoms with Gasteiger partial charge in [-0.25, -0.2) is 4.98 Å². The molecule has 3 heterocycles. The third kappa shape index (κ3) is 10.6. The summed E-state index contributed by atoms with van der Waals surface area (Å²) < 4.78 is 3.45. The summed E-state index contributed by atoms with van der Waals surface area (Å²) in [4.78, 5) is 52.7. The smallest absolute Gasteiger partial charge is 0.261 e. The average Bonchev–Trinajstić information content (AvgIpc) is 2.98. The Bertz CT molecular complexity index is 2160. The number of H-pyrrole nitrogens is 2. The van der Waals surface area contributed by atoms with E-state index in [0.29, 0.717) is 26.5 Å². The van der Waals surface area contributed by atoms with Crippen LogP contribution in [0.1, 0.15) is 14.9 Å². The van der Waals surface area contributed by atoms with Crippen molar-refractivity contribution in [2.24, 2.45) is 19.1 Å². The van der Waals surface area contributed by atoms with Gasteiger partial charge in [-0.3, -0.25) is 23.5 Å². The Hall–Kier alpha value is -2.38. The number of rotatable bonds is 1. The summed E-state index contributed by atoms with van der Waals surface area (Å²) in [6.07, 6.45) is 1.91. The van der Waals surface area contributed by atoms with Gasteiger partial charge >= 0.3 is 0 Å². The van der Waals surface area contributed by atoms with Crippen molar-refractivity contribution in [3.05, 3.63) is 120 Å². The molecule has 6 aromatic rings. The summed E-state index contributed by atoms with van der Waals surface area (Å²) in [7, 11) is 4.99. The Labute approximate surface area is 320 Å². The minimum absolute atomic E-state index is 0. The molecule has 0 atom stereocenters. The number of nitrogens with one attached hydrogen (secondary N) is 2. The summed E-state index contributed by atoms with van der Waals surface area (Å²) in [5.41, 5.74) is 2.40. The summed E-state index contributed by atoms with van der Waals surface area (Å²) in [6, 6.07) is 21.9. The molecule has 0 saturated carbocycles. The van der Waals surface area contributed by atoms with Gasteiger partial charge in [0, 0.05) is 90.5 Å². The van der Waals surface area contributed by atoms with Crippen molar-refractivity contribution in [2.45, 2.75) is 20.0 Å². The molecular weight excluding hydrogens is 762 g/mol. The first kappa shape index (κ1) is 44.7. The molecule has 15 heteroatoms. The van der Waals surface area contributed by atoms with Gasteiger partial charge in [0.05, 0.1) is 21.8 Å². The van der Waals surface area contributed by atoms with Crippen LogP contribution in [-0.4, -0.2) is 37.4 Å². The fourth-order valence-electron chi connectivity index (χ4n) is 3.82. The van der Waals surface area contributed by atoms with E-state index in [4.69, 9.17) is 12.2 Å². The second-order valence-corrected chi connectivity index (χ2v) is 9.61. The standard InChI is InChI=1S/C10H10N2OS.C9H9N3O.C9H8N2OS.2CH4.H2N.2Y/c1-12-9(13)7-5-3-4-6-8(7)11-10(12)14-2;1-10-9-11-7-5-3-2-4-6(7)8(13)12-9;1-11-8(12)6-4-2-3-5-7(6)10-9(11)13;;;;;/h3-6H,1-2H3;2-5H,1H3,(H2,10,11,12,13);2-5H,1H3,(H,10,13);2*1H4;1H2;;/q;;;;;-1;;/p-1. The van der Waals surface area contributed by atoms with Gasteiger partial charge in [-0.15, -0.1) is 0 Å². The molecule has 3 aromatic carbocycles. The second kappa shape index (κ2) is 20.7. The van der Waals surface area contributed by atoms with Gasteiger partial charge in [-0.05, 0) is 55.3 Å². The molecule has 0 aliphatic carbocycles. The van der Waals surface area contributed by atoms with E-state index in [1.807, 2.05) is 60.9 Å². The van der Waals surface area contributed by atoms with Crippen LogP contribution in [0.2, 0.25) is 0 Å². The van der Waals surface area contributed by atoms with Crippen molar-refractivity contribution < 1.29 is 65.4 Å². The monoisotopic (exact) mass is 798 g/mol. The van der Waals surface area contributed by atoms with Crippen LogP contribution in [0.3, 0.4) is 0 Å². The van der Waals surface area contributed by atoms with Crippen LogP contribution in [0, 0.1) is 4.77 Å². The van der Waals surface area contributed by atoms with Gasteiger partial charge in [0.1, 0.15) is 0 Å². The predicted molar refractivity (Wildman–Crippen MR) is 181 cm³/mol. The Morgan fingerprint density at radius 3 is 1.84 bits per heavy atom. The van der Waals surface area contributed by atoms with E-state index in [1.54, 1.807) is 43.9 Å². The Morgan fingerprint density at radius 1 is 0.778 bits per heavy atom. The van der Waals surface area contributed by atoms with Gasteiger partial charge in [-0.1, -0.05) is 75.1 Å². The number of thioether (sulfide) groups is 1. The van der Waals surface area contributed by atoms with Crippen molar-refractivity contribution in [1.29, 1.82) is 0 Å². The van der Waals surface area contributed by atoms with Crippen LogP contribution in [0.5, 0.6) is 0 Å².